The summed E-state index contributed by atoms with van der Waals surface area (Å²) < 4.78 is 10.3. The summed E-state index contributed by atoms with van der Waals surface area (Å²) in [5.74, 6) is 1.31. The van der Waals surface area contributed by atoms with Crippen LogP contribution in [0.5, 0.6) is 0 Å². The topological polar surface area (TPSA) is 70.3 Å². The highest BCUT2D eigenvalue weighted by atomic mass is 32.1. The number of hydrogen-bond donors (Lipinski definition) is 1. The van der Waals surface area contributed by atoms with Gasteiger partial charge in [-0.1, -0.05) is 6.92 Å². The fourth-order valence-corrected chi connectivity index (χ4v) is 2.73. The Hall–Kier alpha value is -1.24. The van der Waals surface area contributed by atoms with E-state index in [4.69, 9.17) is 15.2 Å². The van der Waals surface area contributed by atoms with Crippen LogP contribution >= 0.6 is 11.3 Å². The zero-order chi connectivity index (χ0) is 13.7. The zero-order valence-corrected chi connectivity index (χ0v) is 12.1. The summed E-state index contributed by atoms with van der Waals surface area (Å²) in [5.41, 5.74) is 5.97. The predicted molar refractivity (Wildman–Crippen MR) is 77.6 cm³/mol. The summed E-state index contributed by atoms with van der Waals surface area (Å²) in [6, 6.07) is 2.08. The van der Waals surface area contributed by atoms with Gasteiger partial charge >= 0.3 is 0 Å². The van der Waals surface area contributed by atoms with Crippen LogP contribution in [0.3, 0.4) is 0 Å². The van der Waals surface area contributed by atoms with E-state index < -0.39 is 0 Å². The second-order valence-electron chi connectivity index (χ2n) is 4.17. The molecule has 0 radical (unpaired) electrons. The Labute approximate surface area is 116 Å². The molecule has 2 rings (SSSR count). The Balaban J connectivity index is 2.03. The average Bonchev–Trinajstić information content (AvgIpc) is 2.82. The van der Waals surface area contributed by atoms with Crippen molar-refractivity contribution in [1.29, 1.82) is 0 Å². The third-order valence-corrected chi connectivity index (χ3v) is 3.94. The number of nitrogens with zero attached hydrogens (tertiary/aromatic N) is 2. The molecule has 2 aromatic rings. The first-order valence-corrected chi connectivity index (χ1v) is 7.17. The molecule has 0 aromatic carbocycles. The number of aromatic nitrogens is 2. The predicted octanol–water partition coefficient (Wildman–Crippen LogP) is 2.04. The number of hydrogen-bond acceptors (Lipinski definition) is 6. The number of nitrogen functional groups attached to an aromatic ring is 1. The quantitative estimate of drug-likeness (QED) is 0.786. The molecule has 0 spiro atoms. The van der Waals surface area contributed by atoms with Gasteiger partial charge in [0.1, 0.15) is 16.5 Å². The molecule has 0 aliphatic heterocycles. The van der Waals surface area contributed by atoms with Crippen LogP contribution in [-0.2, 0) is 22.3 Å². The highest BCUT2D eigenvalue weighted by Crippen LogP contribution is 2.27. The van der Waals surface area contributed by atoms with Crippen LogP contribution in [0.2, 0.25) is 0 Å². The third-order valence-electron chi connectivity index (χ3n) is 2.77. The van der Waals surface area contributed by atoms with Gasteiger partial charge in [-0.25, -0.2) is 9.97 Å². The maximum absolute atomic E-state index is 5.97. The molecule has 2 N–H and O–H groups in total. The lowest BCUT2D eigenvalue weighted by molar-refractivity contribution is 0.0717. The first-order valence-electron chi connectivity index (χ1n) is 6.36. The highest BCUT2D eigenvalue weighted by Gasteiger charge is 2.09. The van der Waals surface area contributed by atoms with Crippen LogP contribution in [0.1, 0.15) is 17.6 Å². The lowest BCUT2D eigenvalue weighted by atomic mass is 10.3. The highest BCUT2D eigenvalue weighted by molar-refractivity contribution is 7.18. The molecule has 0 aliphatic rings. The number of ether oxygens (including phenoxy) is 2. The van der Waals surface area contributed by atoms with Gasteiger partial charge in [0.2, 0.25) is 0 Å². The van der Waals surface area contributed by atoms with E-state index in [2.05, 4.69) is 23.0 Å². The SMILES string of the molecule is CCc1cc2c(N)nc(CCOCCOC)nc2s1. The van der Waals surface area contributed by atoms with Crippen LogP contribution in [0.4, 0.5) is 5.82 Å². The second kappa shape index (κ2) is 6.79. The number of aryl methyl sites for hydroxylation is 1. The molecule has 6 heteroatoms. The number of nitrogens with two attached hydrogens (primary N) is 1. The summed E-state index contributed by atoms with van der Waals surface area (Å²) in [7, 11) is 1.66. The lowest BCUT2D eigenvalue weighted by Gasteiger charge is -2.04. The van der Waals surface area contributed by atoms with Crippen molar-refractivity contribution in [2.75, 3.05) is 32.7 Å². The van der Waals surface area contributed by atoms with Crippen molar-refractivity contribution in [3.8, 4) is 0 Å². The van der Waals surface area contributed by atoms with Crippen molar-refractivity contribution in [2.24, 2.45) is 0 Å². The molecule has 2 heterocycles. The zero-order valence-electron chi connectivity index (χ0n) is 11.3. The van der Waals surface area contributed by atoms with E-state index >= 15 is 0 Å². The number of fused-ring (bicyclic) bond motifs is 1. The standard InChI is InChI=1S/C13H19N3O2S/c1-3-9-8-10-12(14)15-11(16-13(10)19-9)4-5-18-7-6-17-2/h8H,3-7H2,1-2H3,(H2,14,15,16). The van der Waals surface area contributed by atoms with Crippen LogP contribution in [-0.4, -0.2) is 36.9 Å². The van der Waals surface area contributed by atoms with Gasteiger partial charge in [0, 0.05) is 18.4 Å². The van der Waals surface area contributed by atoms with E-state index in [1.165, 1.54) is 4.88 Å². The number of thiophene rings is 1. The molecule has 104 valence electrons. The summed E-state index contributed by atoms with van der Waals surface area (Å²) in [6.45, 7) is 3.90. The molecule has 0 atom stereocenters. The van der Waals surface area contributed by atoms with Gasteiger partial charge in [0.15, 0.2) is 0 Å². The summed E-state index contributed by atoms with van der Waals surface area (Å²) in [6.07, 6.45) is 1.67. The summed E-state index contributed by atoms with van der Waals surface area (Å²) >= 11 is 1.68. The fourth-order valence-electron chi connectivity index (χ4n) is 1.73. The largest absolute Gasteiger partial charge is 0.383 e. The molecule has 0 unspecified atom stereocenters. The van der Waals surface area contributed by atoms with E-state index in [0.29, 0.717) is 32.1 Å². The van der Waals surface area contributed by atoms with E-state index in [-0.39, 0.29) is 0 Å². The second-order valence-corrected chi connectivity index (χ2v) is 5.28. The van der Waals surface area contributed by atoms with Gasteiger partial charge in [-0.3, -0.25) is 0 Å². The van der Waals surface area contributed by atoms with Crippen molar-refractivity contribution in [2.45, 2.75) is 19.8 Å². The minimum absolute atomic E-state index is 0.563. The van der Waals surface area contributed by atoms with Gasteiger partial charge in [0.05, 0.1) is 25.2 Å². The van der Waals surface area contributed by atoms with Gasteiger partial charge in [-0.15, -0.1) is 11.3 Å². The summed E-state index contributed by atoms with van der Waals surface area (Å²) in [5, 5.41) is 0.964. The summed E-state index contributed by atoms with van der Waals surface area (Å²) in [4.78, 5) is 11.1. The third kappa shape index (κ3) is 3.62. The lowest BCUT2D eigenvalue weighted by Crippen LogP contribution is -2.07. The van der Waals surface area contributed by atoms with Crippen molar-refractivity contribution in [1.82, 2.24) is 9.97 Å². The maximum atomic E-state index is 5.97. The molecular weight excluding hydrogens is 262 g/mol. The van der Waals surface area contributed by atoms with Gasteiger partial charge < -0.3 is 15.2 Å². The first-order chi connectivity index (χ1) is 9.24. The Morgan fingerprint density at radius 2 is 2.11 bits per heavy atom. The molecule has 2 aromatic heterocycles. The molecule has 0 fully saturated rings. The molecule has 0 amide bonds. The van der Waals surface area contributed by atoms with E-state index in [0.717, 1.165) is 22.5 Å². The van der Waals surface area contributed by atoms with Gasteiger partial charge in [0.25, 0.3) is 0 Å². The minimum atomic E-state index is 0.563. The van der Waals surface area contributed by atoms with E-state index in [1.807, 2.05) is 0 Å². The Morgan fingerprint density at radius 1 is 1.26 bits per heavy atom. The fraction of sp³-hybridized carbons (Fsp3) is 0.538. The van der Waals surface area contributed by atoms with Crippen LogP contribution in [0.25, 0.3) is 10.2 Å². The maximum Gasteiger partial charge on any atom is 0.135 e. The molecule has 19 heavy (non-hydrogen) atoms. The first kappa shape index (κ1) is 14.2. The molecule has 0 saturated heterocycles. The minimum Gasteiger partial charge on any atom is -0.383 e. The smallest absolute Gasteiger partial charge is 0.135 e. The molecule has 5 nitrogen and oxygen atoms in total. The monoisotopic (exact) mass is 281 g/mol. The van der Waals surface area contributed by atoms with Crippen molar-refractivity contribution >= 4 is 27.4 Å². The van der Waals surface area contributed by atoms with Crippen LogP contribution < -0.4 is 5.73 Å². The molecule has 0 saturated carbocycles. The normalized spacial score (nSPS) is 11.3. The number of anilines is 1. The molecular formula is C13H19N3O2S. The van der Waals surface area contributed by atoms with Crippen LogP contribution in [0, 0.1) is 0 Å². The average molecular weight is 281 g/mol. The van der Waals surface area contributed by atoms with Crippen molar-refractivity contribution in [3.05, 3.63) is 16.8 Å². The number of rotatable bonds is 7. The molecule has 0 bridgehead atoms. The Bertz CT molecular complexity index is 542. The van der Waals surface area contributed by atoms with Gasteiger partial charge in [-0.05, 0) is 12.5 Å². The van der Waals surface area contributed by atoms with E-state index in [9.17, 15) is 0 Å². The molecule has 0 aliphatic carbocycles. The van der Waals surface area contributed by atoms with Crippen molar-refractivity contribution < 1.29 is 9.47 Å². The van der Waals surface area contributed by atoms with Gasteiger partial charge in [-0.2, -0.15) is 0 Å². The number of methoxy groups -OCH3 is 1. The van der Waals surface area contributed by atoms with Crippen LogP contribution in [0.15, 0.2) is 6.07 Å². The Kier molecular flexibility index (Phi) is 5.07. The van der Waals surface area contributed by atoms with Crippen molar-refractivity contribution in [3.63, 3.8) is 0 Å². The van der Waals surface area contributed by atoms with E-state index in [1.54, 1.807) is 18.4 Å². The Morgan fingerprint density at radius 3 is 2.84 bits per heavy atom.